The number of likely N-dealkylation sites (tertiary alicyclic amines) is 1. The van der Waals surface area contributed by atoms with Crippen LogP contribution in [0.15, 0.2) is 34.9 Å². The molecule has 2 aromatic rings. The van der Waals surface area contributed by atoms with Crippen molar-refractivity contribution >= 4 is 17.1 Å². The Morgan fingerprint density at radius 3 is 2.80 bits per heavy atom. The van der Waals surface area contributed by atoms with Crippen molar-refractivity contribution in [2.24, 2.45) is 0 Å². The molecule has 0 bridgehead atoms. The molecule has 2 aromatic heterocycles. The lowest BCUT2D eigenvalue weighted by molar-refractivity contribution is 0.0993. The number of furan rings is 1. The summed E-state index contributed by atoms with van der Waals surface area (Å²) in [7, 11) is 0. The summed E-state index contributed by atoms with van der Waals surface area (Å²) < 4.78 is 5.29. The van der Waals surface area contributed by atoms with E-state index < -0.39 is 0 Å². The summed E-state index contributed by atoms with van der Waals surface area (Å²) >= 11 is 1.57. The van der Waals surface area contributed by atoms with E-state index in [1.807, 2.05) is 24.3 Å². The highest BCUT2D eigenvalue weighted by Crippen LogP contribution is 2.17. The maximum Gasteiger partial charge on any atom is 0.186 e. The molecule has 1 fully saturated rings. The van der Waals surface area contributed by atoms with Crippen molar-refractivity contribution in [2.45, 2.75) is 32.4 Å². The van der Waals surface area contributed by atoms with E-state index in [9.17, 15) is 4.79 Å². The zero-order valence-electron chi connectivity index (χ0n) is 14.6. The highest BCUT2D eigenvalue weighted by Gasteiger charge is 2.11. The molecule has 0 aliphatic carbocycles. The minimum Gasteiger partial charge on any atom is -0.468 e. The lowest BCUT2D eigenvalue weighted by atomic mass is 10.1. The number of hydrogen-bond donors (Lipinski definition) is 2. The standard InChI is InChI=1S/C19H27N3O2S/c23-18(15-20-8-11-22-9-2-1-3-10-22)19-7-6-17(25-19)14-21-13-16-5-4-12-24-16/h4-7,12,20-21H,1-3,8-11,13-15H2. The maximum atomic E-state index is 12.3. The third kappa shape index (κ3) is 6.08. The van der Waals surface area contributed by atoms with Gasteiger partial charge in [-0.05, 0) is 50.2 Å². The van der Waals surface area contributed by atoms with E-state index in [4.69, 9.17) is 4.42 Å². The number of piperidine rings is 1. The molecule has 1 aliphatic heterocycles. The quantitative estimate of drug-likeness (QED) is 0.503. The van der Waals surface area contributed by atoms with Crippen LogP contribution in [0.2, 0.25) is 0 Å². The molecule has 6 heteroatoms. The van der Waals surface area contributed by atoms with E-state index in [1.165, 1.54) is 37.2 Å². The largest absolute Gasteiger partial charge is 0.468 e. The fraction of sp³-hybridized carbons (Fsp3) is 0.526. The predicted molar refractivity (Wildman–Crippen MR) is 101 cm³/mol. The molecule has 0 unspecified atom stereocenters. The minimum absolute atomic E-state index is 0.181. The van der Waals surface area contributed by atoms with Gasteiger partial charge in [0.2, 0.25) is 0 Å². The van der Waals surface area contributed by atoms with Crippen LogP contribution in [0.4, 0.5) is 0 Å². The minimum atomic E-state index is 0.181. The number of nitrogens with zero attached hydrogens (tertiary/aromatic N) is 1. The van der Waals surface area contributed by atoms with E-state index >= 15 is 0 Å². The molecule has 0 spiro atoms. The van der Waals surface area contributed by atoms with Crippen LogP contribution in [0.1, 0.15) is 39.6 Å². The maximum absolute atomic E-state index is 12.3. The summed E-state index contributed by atoms with van der Waals surface area (Å²) in [5.41, 5.74) is 0. The smallest absolute Gasteiger partial charge is 0.186 e. The number of carbonyl (C=O) groups is 1. The van der Waals surface area contributed by atoms with Crippen LogP contribution >= 0.6 is 11.3 Å². The molecule has 5 nitrogen and oxygen atoms in total. The van der Waals surface area contributed by atoms with E-state index in [0.717, 1.165) is 30.3 Å². The van der Waals surface area contributed by atoms with E-state index in [0.29, 0.717) is 13.1 Å². The van der Waals surface area contributed by atoms with Crippen LogP contribution in [0.3, 0.4) is 0 Å². The average molecular weight is 362 g/mol. The Hall–Kier alpha value is -1.47. The Kier molecular flexibility index (Phi) is 7.23. The molecular formula is C19H27N3O2S. The number of ketones is 1. The molecule has 1 aliphatic rings. The first-order valence-corrected chi connectivity index (χ1v) is 9.91. The van der Waals surface area contributed by atoms with Crippen LogP contribution < -0.4 is 10.6 Å². The fourth-order valence-corrected chi connectivity index (χ4v) is 3.97. The number of nitrogens with one attached hydrogen (secondary N) is 2. The molecule has 25 heavy (non-hydrogen) atoms. The summed E-state index contributed by atoms with van der Waals surface area (Å²) in [5.74, 6) is 1.10. The van der Waals surface area contributed by atoms with E-state index in [2.05, 4.69) is 15.5 Å². The summed E-state index contributed by atoms with van der Waals surface area (Å²) in [6, 6.07) is 7.80. The molecule has 1 saturated heterocycles. The van der Waals surface area contributed by atoms with Gasteiger partial charge in [-0.25, -0.2) is 0 Å². The molecule has 3 heterocycles. The first-order chi connectivity index (χ1) is 12.3. The van der Waals surface area contributed by atoms with Gasteiger partial charge in [0.15, 0.2) is 5.78 Å². The van der Waals surface area contributed by atoms with Crippen LogP contribution in [-0.4, -0.2) is 43.4 Å². The number of Topliss-reactive ketones (excluding diaryl/α,β-unsaturated/α-hetero) is 1. The van der Waals surface area contributed by atoms with Gasteiger partial charge in [-0.15, -0.1) is 11.3 Å². The lowest BCUT2D eigenvalue weighted by Gasteiger charge is -2.26. The van der Waals surface area contributed by atoms with Crippen molar-refractivity contribution in [3.63, 3.8) is 0 Å². The van der Waals surface area contributed by atoms with Crippen LogP contribution in [-0.2, 0) is 13.1 Å². The molecule has 0 amide bonds. The normalized spacial score (nSPS) is 15.5. The van der Waals surface area contributed by atoms with Crippen molar-refractivity contribution in [2.75, 3.05) is 32.7 Å². The molecule has 0 radical (unpaired) electrons. The third-order valence-corrected chi connectivity index (χ3v) is 5.58. The van der Waals surface area contributed by atoms with Gasteiger partial charge in [0.05, 0.1) is 24.2 Å². The zero-order chi connectivity index (χ0) is 17.3. The second-order valence-electron chi connectivity index (χ2n) is 6.45. The van der Waals surface area contributed by atoms with Crippen molar-refractivity contribution in [1.82, 2.24) is 15.5 Å². The highest BCUT2D eigenvalue weighted by atomic mass is 32.1. The molecule has 2 N–H and O–H groups in total. The summed E-state index contributed by atoms with van der Waals surface area (Å²) in [6.45, 7) is 6.21. The van der Waals surface area contributed by atoms with Crippen LogP contribution in [0.25, 0.3) is 0 Å². The predicted octanol–water partition coefficient (Wildman–Crippen LogP) is 2.89. The first kappa shape index (κ1) is 18.3. The topological polar surface area (TPSA) is 57.5 Å². The van der Waals surface area contributed by atoms with E-state index in [-0.39, 0.29) is 5.78 Å². The highest BCUT2D eigenvalue weighted by molar-refractivity contribution is 7.14. The second kappa shape index (κ2) is 9.87. The summed E-state index contributed by atoms with van der Waals surface area (Å²) in [6.07, 6.45) is 5.66. The number of carbonyl (C=O) groups excluding carboxylic acids is 1. The van der Waals surface area contributed by atoms with Gasteiger partial charge in [-0.1, -0.05) is 6.42 Å². The monoisotopic (exact) mass is 361 g/mol. The summed E-state index contributed by atoms with van der Waals surface area (Å²) in [5, 5.41) is 6.62. The second-order valence-corrected chi connectivity index (χ2v) is 7.62. The average Bonchev–Trinajstić information content (AvgIpc) is 3.32. The van der Waals surface area contributed by atoms with Crippen LogP contribution in [0.5, 0.6) is 0 Å². The fourth-order valence-electron chi connectivity index (χ4n) is 3.05. The van der Waals surface area contributed by atoms with Crippen molar-refractivity contribution in [3.8, 4) is 0 Å². The Morgan fingerprint density at radius 1 is 1.12 bits per heavy atom. The van der Waals surface area contributed by atoms with Crippen molar-refractivity contribution < 1.29 is 9.21 Å². The van der Waals surface area contributed by atoms with Gasteiger partial charge in [0, 0.05) is 24.5 Å². The van der Waals surface area contributed by atoms with Gasteiger partial charge in [0.1, 0.15) is 5.76 Å². The van der Waals surface area contributed by atoms with Gasteiger partial charge in [-0.2, -0.15) is 0 Å². The zero-order valence-corrected chi connectivity index (χ0v) is 15.4. The number of rotatable bonds is 10. The lowest BCUT2D eigenvalue weighted by Crippen LogP contribution is -2.37. The Bertz CT molecular complexity index is 633. The number of thiophene rings is 1. The van der Waals surface area contributed by atoms with Crippen LogP contribution in [0, 0.1) is 0 Å². The molecular weight excluding hydrogens is 334 g/mol. The van der Waals surface area contributed by atoms with Gasteiger partial charge in [-0.3, -0.25) is 4.79 Å². The molecule has 0 aromatic carbocycles. The molecule has 3 rings (SSSR count). The first-order valence-electron chi connectivity index (χ1n) is 9.09. The van der Waals surface area contributed by atoms with Crippen molar-refractivity contribution in [1.29, 1.82) is 0 Å². The molecule has 0 saturated carbocycles. The summed E-state index contributed by atoms with van der Waals surface area (Å²) in [4.78, 5) is 16.8. The van der Waals surface area contributed by atoms with E-state index in [1.54, 1.807) is 17.6 Å². The molecule has 136 valence electrons. The Labute approximate surface area is 153 Å². The molecule has 0 atom stereocenters. The van der Waals surface area contributed by atoms with Gasteiger partial charge >= 0.3 is 0 Å². The SMILES string of the molecule is O=C(CNCCN1CCCCC1)c1ccc(CNCc2ccco2)s1. The third-order valence-electron chi connectivity index (χ3n) is 4.45. The Balaban J connectivity index is 1.32. The van der Waals surface area contributed by atoms with Gasteiger partial charge < -0.3 is 20.0 Å². The Morgan fingerprint density at radius 2 is 2.00 bits per heavy atom. The van der Waals surface area contributed by atoms with Crippen molar-refractivity contribution in [3.05, 3.63) is 46.0 Å². The number of hydrogen-bond acceptors (Lipinski definition) is 6. The van der Waals surface area contributed by atoms with Gasteiger partial charge in [0.25, 0.3) is 0 Å².